The third-order valence-corrected chi connectivity index (χ3v) is 3.76. The van der Waals surface area contributed by atoms with Gasteiger partial charge in [-0.2, -0.15) is 0 Å². The number of hydrogen-bond donors (Lipinski definition) is 2. The number of halogens is 2. The van der Waals surface area contributed by atoms with E-state index in [1.807, 2.05) is 6.92 Å². The Balaban J connectivity index is 2.20. The van der Waals surface area contributed by atoms with E-state index in [0.717, 1.165) is 12.1 Å². The van der Waals surface area contributed by atoms with Gasteiger partial charge in [-0.05, 0) is 31.0 Å². The lowest BCUT2D eigenvalue weighted by Gasteiger charge is -2.08. The van der Waals surface area contributed by atoms with Crippen molar-refractivity contribution in [2.75, 3.05) is 12.3 Å². The molecule has 1 aromatic carbocycles. The Bertz CT molecular complexity index is 443. The molecule has 0 radical (unpaired) electrons. The van der Waals surface area contributed by atoms with Crippen molar-refractivity contribution < 1.29 is 18.7 Å². The molecule has 0 aliphatic carbocycles. The highest BCUT2D eigenvalue weighted by Crippen LogP contribution is 2.20. The molecule has 20 heavy (non-hydrogen) atoms. The maximum Gasteiger partial charge on any atom is 0.220 e. The van der Waals surface area contributed by atoms with Crippen molar-refractivity contribution in [3.63, 3.8) is 0 Å². The van der Waals surface area contributed by atoms with Crippen LogP contribution in [0.5, 0.6) is 0 Å². The Labute approximate surface area is 121 Å². The largest absolute Gasteiger partial charge is 0.393 e. The van der Waals surface area contributed by atoms with Crippen molar-refractivity contribution in [3.05, 3.63) is 29.8 Å². The minimum Gasteiger partial charge on any atom is -0.393 e. The number of hydrogen-bond acceptors (Lipinski definition) is 3. The van der Waals surface area contributed by atoms with Gasteiger partial charge in [-0.1, -0.05) is 6.92 Å². The topological polar surface area (TPSA) is 49.3 Å². The van der Waals surface area contributed by atoms with Gasteiger partial charge in [-0.25, -0.2) is 8.78 Å². The minimum absolute atomic E-state index is 0.108. The minimum atomic E-state index is -0.881. The summed E-state index contributed by atoms with van der Waals surface area (Å²) in [6, 6.07) is 3.68. The van der Waals surface area contributed by atoms with Crippen LogP contribution in [-0.2, 0) is 4.79 Å². The molecule has 0 spiro atoms. The van der Waals surface area contributed by atoms with Gasteiger partial charge in [0.15, 0.2) is 11.6 Å². The van der Waals surface area contributed by atoms with Crippen LogP contribution in [0.2, 0.25) is 0 Å². The number of nitrogens with one attached hydrogen (secondary N) is 1. The average Bonchev–Trinajstić information content (AvgIpc) is 2.42. The van der Waals surface area contributed by atoms with Gasteiger partial charge in [0.25, 0.3) is 0 Å². The highest BCUT2D eigenvalue weighted by atomic mass is 32.2. The molecule has 1 rings (SSSR count). The zero-order valence-corrected chi connectivity index (χ0v) is 12.2. The molecule has 0 aliphatic heterocycles. The highest BCUT2D eigenvalue weighted by Gasteiger charge is 2.06. The van der Waals surface area contributed by atoms with Gasteiger partial charge in [-0.3, -0.25) is 4.79 Å². The molecule has 1 aromatic rings. The number of aliphatic hydroxyl groups is 1. The molecule has 1 atom stereocenters. The second kappa shape index (κ2) is 8.92. The fourth-order valence-corrected chi connectivity index (χ4v) is 2.37. The van der Waals surface area contributed by atoms with Gasteiger partial charge in [0, 0.05) is 23.6 Å². The summed E-state index contributed by atoms with van der Waals surface area (Å²) in [7, 11) is 0. The van der Waals surface area contributed by atoms with E-state index in [0.29, 0.717) is 36.5 Å². The molecule has 0 aromatic heterocycles. The summed E-state index contributed by atoms with van der Waals surface area (Å²) in [5.74, 6) is -1.37. The van der Waals surface area contributed by atoms with Crippen LogP contribution >= 0.6 is 11.8 Å². The summed E-state index contributed by atoms with van der Waals surface area (Å²) in [5.41, 5.74) is 0. The van der Waals surface area contributed by atoms with Crippen molar-refractivity contribution in [1.29, 1.82) is 0 Å². The summed E-state index contributed by atoms with van der Waals surface area (Å²) in [4.78, 5) is 12.1. The summed E-state index contributed by atoms with van der Waals surface area (Å²) < 4.78 is 25.7. The van der Waals surface area contributed by atoms with Crippen molar-refractivity contribution in [2.24, 2.45) is 0 Å². The third kappa shape index (κ3) is 6.34. The van der Waals surface area contributed by atoms with Gasteiger partial charge in [0.2, 0.25) is 5.91 Å². The molecule has 0 fully saturated rings. The Morgan fingerprint density at radius 1 is 1.40 bits per heavy atom. The summed E-state index contributed by atoms with van der Waals surface area (Å²) in [6.07, 6.45) is 1.12. The zero-order chi connectivity index (χ0) is 15.0. The Morgan fingerprint density at radius 3 is 2.80 bits per heavy atom. The first-order chi connectivity index (χ1) is 9.52. The van der Waals surface area contributed by atoms with Crippen LogP contribution in [-0.4, -0.2) is 29.4 Å². The quantitative estimate of drug-likeness (QED) is 0.726. The first-order valence-electron chi connectivity index (χ1n) is 6.55. The van der Waals surface area contributed by atoms with Crippen LogP contribution in [0.15, 0.2) is 23.1 Å². The van der Waals surface area contributed by atoms with Crippen LogP contribution in [0.25, 0.3) is 0 Å². The van der Waals surface area contributed by atoms with E-state index in [-0.39, 0.29) is 12.0 Å². The SMILES string of the molecule is CCC(O)CCNC(=O)CCSc1ccc(F)c(F)c1. The smallest absolute Gasteiger partial charge is 0.220 e. The zero-order valence-electron chi connectivity index (χ0n) is 11.4. The van der Waals surface area contributed by atoms with Gasteiger partial charge in [0.05, 0.1) is 6.10 Å². The van der Waals surface area contributed by atoms with E-state index < -0.39 is 11.6 Å². The second-order valence-corrected chi connectivity index (χ2v) is 5.54. The Hall–Kier alpha value is -1.14. The lowest BCUT2D eigenvalue weighted by molar-refractivity contribution is -0.120. The first-order valence-corrected chi connectivity index (χ1v) is 7.54. The number of rotatable bonds is 8. The monoisotopic (exact) mass is 303 g/mol. The van der Waals surface area contributed by atoms with Crippen molar-refractivity contribution in [3.8, 4) is 0 Å². The van der Waals surface area contributed by atoms with E-state index in [1.54, 1.807) is 0 Å². The molecule has 2 N–H and O–H groups in total. The highest BCUT2D eigenvalue weighted by molar-refractivity contribution is 7.99. The number of thioether (sulfide) groups is 1. The standard InChI is InChI=1S/C14H19F2NO2S/c1-2-10(18)5-7-17-14(19)6-8-20-11-3-4-12(15)13(16)9-11/h3-4,9-10,18H,2,5-8H2,1H3,(H,17,19). The molecule has 3 nitrogen and oxygen atoms in total. The summed E-state index contributed by atoms with van der Waals surface area (Å²) >= 11 is 1.30. The fraction of sp³-hybridized carbons (Fsp3) is 0.500. The predicted octanol–water partition coefficient (Wildman–Crippen LogP) is 2.72. The third-order valence-electron chi connectivity index (χ3n) is 2.76. The first kappa shape index (κ1) is 16.9. The molecule has 1 amide bonds. The molecular weight excluding hydrogens is 284 g/mol. The van der Waals surface area contributed by atoms with Crippen LogP contribution in [0, 0.1) is 11.6 Å². The Kier molecular flexibility index (Phi) is 7.54. The number of carbonyl (C=O) groups is 1. The normalized spacial score (nSPS) is 12.2. The fourth-order valence-electron chi connectivity index (χ4n) is 1.50. The average molecular weight is 303 g/mol. The maximum atomic E-state index is 12.9. The molecule has 0 saturated carbocycles. The Morgan fingerprint density at radius 2 is 2.15 bits per heavy atom. The van der Waals surface area contributed by atoms with Crippen molar-refractivity contribution >= 4 is 17.7 Å². The second-order valence-electron chi connectivity index (χ2n) is 4.38. The molecule has 0 saturated heterocycles. The van der Waals surface area contributed by atoms with E-state index in [1.165, 1.54) is 17.8 Å². The number of amides is 1. The van der Waals surface area contributed by atoms with Gasteiger partial charge >= 0.3 is 0 Å². The van der Waals surface area contributed by atoms with E-state index in [4.69, 9.17) is 0 Å². The van der Waals surface area contributed by atoms with Crippen molar-refractivity contribution in [1.82, 2.24) is 5.32 Å². The number of carbonyl (C=O) groups excluding carboxylic acids is 1. The predicted molar refractivity (Wildman–Crippen MR) is 75.6 cm³/mol. The molecule has 0 heterocycles. The molecule has 112 valence electrons. The van der Waals surface area contributed by atoms with E-state index in [2.05, 4.69) is 5.32 Å². The summed E-state index contributed by atoms with van der Waals surface area (Å²) in [5, 5.41) is 12.0. The molecular formula is C14H19F2NO2S. The molecule has 1 unspecified atom stereocenters. The lowest BCUT2D eigenvalue weighted by Crippen LogP contribution is -2.27. The number of aliphatic hydroxyl groups excluding tert-OH is 1. The summed E-state index contributed by atoms with van der Waals surface area (Å²) in [6.45, 7) is 2.33. The van der Waals surface area contributed by atoms with Gasteiger partial charge in [0.1, 0.15) is 0 Å². The van der Waals surface area contributed by atoms with Crippen LogP contribution in [0.1, 0.15) is 26.2 Å². The molecule has 0 aliphatic rings. The van der Waals surface area contributed by atoms with Gasteiger partial charge in [-0.15, -0.1) is 11.8 Å². The lowest BCUT2D eigenvalue weighted by atomic mass is 10.2. The van der Waals surface area contributed by atoms with Crippen LogP contribution in [0.4, 0.5) is 8.78 Å². The van der Waals surface area contributed by atoms with Crippen LogP contribution < -0.4 is 5.32 Å². The van der Waals surface area contributed by atoms with E-state index >= 15 is 0 Å². The number of benzene rings is 1. The van der Waals surface area contributed by atoms with Crippen LogP contribution in [0.3, 0.4) is 0 Å². The van der Waals surface area contributed by atoms with E-state index in [9.17, 15) is 18.7 Å². The molecule has 0 bridgehead atoms. The van der Waals surface area contributed by atoms with Gasteiger partial charge < -0.3 is 10.4 Å². The maximum absolute atomic E-state index is 12.9. The van der Waals surface area contributed by atoms with Crippen molar-refractivity contribution in [2.45, 2.75) is 37.2 Å². The molecule has 6 heteroatoms.